The number of ether oxygens (including phenoxy) is 1. The quantitative estimate of drug-likeness (QED) is 0.769. The number of benzene rings is 1. The normalized spacial score (nSPS) is 12.7. The molecule has 1 aromatic rings. The van der Waals surface area contributed by atoms with Crippen molar-refractivity contribution in [2.45, 2.75) is 32.4 Å². The van der Waals surface area contributed by atoms with Crippen LogP contribution in [-0.4, -0.2) is 35.0 Å². The van der Waals surface area contributed by atoms with E-state index in [2.05, 4.69) is 5.32 Å². The summed E-state index contributed by atoms with van der Waals surface area (Å²) in [5.74, 6) is 0.713. The van der Waals surface area contributed by atoms with Crippen molar-refractivity contribution >= 4 is 12.4 Å². The summed E-state index contributed by atoms with van der Waals surface area (Å²) in [5.41, 5.74) is -0.0218. The van der Waals surface area contributed by atoms with Gasteiger partial charge in [-0.25, -0.2) is 0 Å². The fourth-order valence-corrected chi connectivity index (χ4v) is 1.25. The second-order valence-electron chi connectivity index (χ2n) is 5.09. The predicted octanol–water partition coefficient (Wildman–Crippen LogP) is 1.94. The molecule has 0 aliphatic rings. The second-order valence-corrected chi connectivity index (χ2v) is 5.09. The molecule has 0 saturated carbocycles. The highest BCUT2D eigenvalue weighted by molar-refractivity contribution is 5.85. The third-order valence-electron chi connectivity index (χ3n) is 2.13. The molecule has 0 fully saturated rings. The van der Waals surface area contributed by atoms with Crippen LogP contribution in [-0.2, 0) is 0 Å². The minimum Gasteiger partial charge on any atom is -0.508 e. The monoisotopic (exact) mass is 275 g/mol. The van der Waals surface area contributed by atoms with E-state index in [1.54, 1.807) is 18.2 Å². The number of nitrogens with one attached hydrogen (secondary N) is 1. The lowest BCUT2D eigenvalue weighted by Crippen LogP contribution is -2.42. The molecule has 1 atom stereocenters. The van der Waals surface area contributed by atoms with Gasteiger partial charge < -0.3 is 20.3 Å². The van der Waals surface area contributed by atoms with E-state index in [0.29, 0.717) is 12.3 Å². The Morgan fingerprint density at radius 1 is 1.33 bits per heavy atom. The average molecular weight is 276 g/mol. The molecule has 0 aromatic heterocycles. The van der Waals surface area contributed by atoms with Crippen molar-refractivity contribution in [2.24, 2.45) is 0 Å². The van der Waals surface area contributed by atoms with E-state index < -0.39 is 6.10 Å². The summed E-state index contributed by atoms with van der Waals surface area (Å²) in [7, 11) is 0. The van der Waals surface area contributed by atoms with Crippen LogP contribution in [0.5, 0.6) is 11.5 Å². The van der Waals surface area contributed by atoms with Gasteiger partial charge >= 0.3 is 0 Å². The molecular formula is C13H22ClNO3. The minimum atomic E-state index is -0.573. The molecule has 1 aromatic carbocycles. The Labute approximate surface area is 114 Å². The average Bonchev–Trinajstić information content (AvgIpc) is 2.23. The fraction of sp³-hybridized carbons (Fsp3) is 0.538. The van der Waals surface area contributed by atoms with E-state index in [1.165, 1.54) is 6.07 Å². The highest BCUT2D eigenvalue weighted by atomic mass is 35.5. The van der Waals surface area contributed by atoms with Gasteiger partial charge in [0, 0.05) is 18.2 Å². The van der Waals surface area contributed by atoms with Crippen LogP contribution < -0.4 is 10.1 Å². The molecule has 5 heteroatoms. The van der Waals surface area contributed by atoms with Gasteiger partial charge in [0.2, 0.25) is 0 Å². The first-order chi connectivity index (χ1) is 7.87. The Morgan fingerprint density at radius 3 is 2.56 bits per heavy atom. The third kappa shape index (κ3) is 7.37. The zero-order valence-corrected chi connectivity index (χ0v) is 11.8. The molecule has 0 aliphatic carbocycles. The van der Waals surface area contributed by atoms with Crippen molar-refractivity contribution in [1.29, 1.82) is 0 Å². The zero-order chi connectivity index (χ0) is 12.9. The van der Waals surface area contributed by atoms with Crippen LogP contribution in [0.15, 0.2) is 24.3 Å². The minimum absolute atomic E-state index is 0. The molecule has 0 saturated heterocycles. The van der Waals surface area contributed by atoms with Crippen molar-refractivity contribution in [1.82, 2.24) is 5.32 Å². The second kappa shape index (κ2) is 7.46. The molecule has 0 bridgehead atoms. The molecule has 0 amide bonds. The summed E-state index contributed by atoms with van der Waals surface area (Å²) in [4.78, 5) is 0. The van der Waals surface area contributed by atoms with Crippen molar-refractivity contribution < 1.29 is 14.9 Å². The van der Waals surface area contributed by atoms with Crippen LogP contribution in [0, 0.1) is 0 Å². The van der Waals surface area contributed by atoms with E-state index in [1.807, 2.05) is 20.8 Å². The van der Waals surface area contributed by atoms with Crippen LogP contribution in [0.4, 0.5) is 0 Å². The number of phenols is 1. The van der Waals surface area contributed by atoms with Gasteiger partial charge in [-0.3, -0.25) is 0 Å². The lowest BCUT2D eigenvalue weighted by atomic mass is 10.1. The van der Waals surface area contributed by atoms with Crippen molar-refractivity contribution in [3.8, 4) is 11.5 Å². The van der Waals surface area contributed by atoms with Crippen molar-refractivity contribution in [3.05, 3.63) is 24.3 Å². The molecule has 18 heavy (non-hydrogen) atoms. The largest absolute Gasteiger partial charge is 0.508 e. The molecule has 0 aliphatic heterocycles. The molecule has 4 nitrogen and oxygen atoms in total. The number of hydrogen-bond donors (Lipinski definition) is 3. The van der Waals surface area contributed by atoms with Gasteiger partial charge in [0.25, 0.3) is 0 Å². The number of aliphatic hydroxyl groups is 1. The van der Waals surface area contributed by atoms with Crippen molar-refractivity contribution in [3.63, 3.8) is 0 Å². The van der Waals surface area contributed by atoms with Gasteiger partial charge in [-0.05, 0) is 32.9 Å². The van der Waals surface area contributed by atoms with Crippen LogP contribution in [0.25, 0.3) is 0 Å². The van der Waals surface area contributed by atoms with Gasteiger partial charge in [-0.2, -0.15) is 0 Å². The fourth-order valence-electron chi connectivity index (χ4n) is 1.25. The van der Waals surface area contributed by atoms with Gasteiger partial charge in [-0.15, -0.1) is 12.4 Å². The first-order valence-electron chi connectivity index (χ1n) is 5.72. The molecule has 1 unspecified atom stereocenters. The van der Waals surface area contributed by atoms with Crippen LogP contribution in [0.3, 0.4) is 0 Å². The number of aromatic hydroxyl groups is 1. The highest BCUT2D eigenvalue weighted by Crippen LogP contribution is 2.17. The van der Waals surface area contributed by atoms with E-state index in [-0.39, 0.29) is 30.3 Å². The number of halogens is 1. The Hall–Kier alpha value is -0.970. The molecule has 0 spiro atoms. The van der Waals surface area contributed by atoms with Crippen molar-refractivity contribution in [2.75, 3.05) is 13.2 Å². The summed E-state index contributed by atoms with van der Waals surface area (Å²) in [6.07, 6.45) is -0.573. The van der Waals surface area contributed by atoms with E-state index in [4.69, 9.17) is 4.74 Å². The number of β-amino-alcohol motifs (C(OH)–C–C–N with tert-alkyl or cyclic N) is 1. The summed E-state index contributed by atoms with van der Waals surface area (Å²) < 4.78 is 5.36. The van der Waals surface area contributed by atoms with Crippen LogP contribution in [0.2, 0.25) is 0 Å². The van der Waals surface area contributed by atoms with E-state index in [0.717, 1.165) is 0 Å². The maximum atomic E-state index is 9.69. The topological polar surface area (TPSA) is 61.7 Å². The Kier molecular flexibility index (Phi) is 7.06. The number of rotatable bonds is 5. The van der Waals surface area contributed by atoms with Crippen LogP contribution in [0.1, 0.15) is 20.8 Å². The Bertz CT molecular complexity index is 352. The highest BCUT2D eigenvalue weighted by Gasteiger charge is 2.12. The maximum Gasteiger partial charge on any atom is 0.123 e. The number of aliphatic hydroxyl groups excluding tert-OH is 1. The first-order valence-corrected chi connectivity index (χ1v) is 5.72. The van der Waals surface area contributed by atoms with Gasteiger partial charge in [-0.1, -0.05) is 6.07 Å². The SMILES string of the molecule is CC(C)(C)NCC(O)COc1cccc(O)c1.Cl. The lowest BCUT2D eigenvalue weighted by Gasteiger charge is -2.22. The standard InChI is InChI=1S/C13H21NO3.ClH/c1-13(2,3)14-8-11(16)9-17-12-6-4-5-10(15)7-12;/h4-7,11,14-16H,8-9H2,1-3H3;1H. The van der Waals surface area contributed by atoms with Gasteiger partial charge in [0.1, 0.15) is 24.2 Å². The first kappa shape index (κ1) is 17.0. The predicted molar refractivity (Wildman–Crippen MR) is 74.6 cm³/mol. The Balaban J connectivity index is 0.00000289. The molecule has 1 rings (SSSR count). The molecule has 104 valence electrons. The van der Waals surface area contributed by atoms with E-state index >= 15 is 0 Å². The molecule has 0 heterocycles. The smallest absolute Gasteiger partial charge is 0.123 e. The zero-order valence-electron chi connectivity index (χ0n) is 11.0. The maximum absolute atomic E-state index is 9.69. The molecule has 3 N–H and O–H groups in total. The molecular weight excluding hydrogens is 254 g/mol. The summed E-state index contributed by atoms with van der Waals surface area (Å²) in [6, 6.07) is 6.53. The molecule has 0 radical (unpaired) electrons. The number of phenolic OH excluding ortho intramolecular Hbond substituents is 1. The number of hydrogen-bond acceptors (Lipinski definition) is 4. The third-order valence-corrected chi connectivity index (χ3v) is 2.13. The van der Waals surface area contributed by atoms with Gasteiger partial charge in [0.15, 0.2) is 0 Å². The summed E-state index contributed by atoms with van der Waals surface area (Å²) in [5, 5.41) is 22.1. The Morgan fingerprint density at radius 2 is 2.00 bits per heavy atom. The van der Waals surface area contributed by atoms with Crippen LogP contribution >= 0.6 is 12.4 Å². The summed E-state index contributed by atoms with van der Waals surface area (Å²) in [6.45, 7) is 6.79. The van der Waals surface area contributed by atoms with E-state index in [9.17, 15) is 10.2 Å². The summed E-state index contributed by atoms with van der Waals surface area (Å²) >= 11 is 0. The lowest BCUT2D eigenvalue weighted by molar-refractivity contribution is 0.0999. The van der Waals surface area contributed by atoms with Gasteiger partial charge in [0.05, 0.1) is 0 Å².